The summed E-state index contributed by atoms with van der Waals surface area (Å²) < 4.78 is 5.55. The van der Waals surface area contributed by atoms with E-state index < -0.39 is 0 Å². The molecule has 0 aliphatic carbocycles. The molecule has 0 radical (unpaired) electrons. The van der Waals surface area contributed by atoms with Gasteiger partial charge in [-0.05, 0) is 46.8 Å². The van der Waals surface area contributed by atoms with E-state index >= 15 is 0 Å². The van der Waals surface area contributed by atoms with Crippen molar-refractivity contribution in [2.75, 3.05) is 6.61 Å². The van der Waals surface area contributed by atoms with Crippen LogP contribution < -0.4 is 0 Å². The summed E-state index contributed by atoms with van der Waals surface area (Å²) in [4.78, 5) is 18.3. The molecule has 1 rings (SSSR count). The zero-order valence-electron chi connectivity index (χ0n) is 12.5. The predicted molar refractivity (Wildman–Crippen MR) is 75.6 cm³/mol. The van der Waals surface area contributed by atoms with E-state index in [4.69, 9.17) is 4.74 Å². The summed E-state index contributed by atoms with van der Waals surface area (Å²) in [6.45, 7) is 10.4. The highest BCUT2D eigenvalue weighted by molar-refractivity contribution is 5.77. The number of amides is 1. The Labute approximate surface area is 115 Å². The summed E-state index contributed by atoms with van der Waals surface area (Å²) in [5, 5.41) is 0. The van der Waals surface area contributed by atoms with Crippen LogP contribution in [0, 0.1) is 0 Å². The molecule has 0 aromatic carbocycles. The Morgan fingerprint density at radius 1 is 1.37 bits per heavy atom. The lowest BCUT2D eigenvalue weighted by Gasteiger charge is -2.28. The number of pyridine rings is 1. The second kappa shape index (κ2) is 6.66. The third-order valence-corrected chi connectivity index (χ3v) is 2.63. The smallest absolute Gasteiger partial charge is 0.249 e. The molecule has 0 saturated carbocycles. The molecule has 1 heterocycles. The second-order valence-corrected chi connectivity index (χ2v) is 5.84. The Hall–Kier alpha value is -1.42. The summed E-state index contributed by atoms with van der Waals surface area (Å²) in [6, 6.07) is 5.84. The van der Waals surface area contributed by atoms with Crippen LogP contribution in [0.2, 0.25) is 0 Å². The highest BCUT2D eigenvalue weighted by atomic mass is 16.5. The minimum absolute atomic E-state index is 0.00409. The van der Waals surface area contributed by atoms with Crippen molar-refractivity contribution in [1.82, 2.24) is 9.88 Å². The minimum Gasteiger partial charge on any atom is -0.366 e. The number of hydrogen-bond donors (Lipinski definition) is 0. The van der Waals surface area contributed by atoms with Crippen LogP contribution in [0.15, 0.2) is 24.4 Å². The number of carbonyl (C=O) groups is 1. The molecule has 1 aromatic rings. The monoisotopic (exact) mass is 264 g/mol. The fourth-order valence-corrected chi connectivity index (χ4v) is 1.59. The van der Waals surface area contributed by atoms with E-state index in [0.29, 0.717) is 6.54 Å². The van der Waals surface area contributed by atoms with Crippen molar-refractivity contribution in [3.63, 3.8) is 0 Å². The van der Waals surface area contributed by atoms with Crippen molar-refractivity contribution in [2.24, 2.45) is 0 Å². The van der Waals surface area contributed by atoms with Crippen molar-refractivity contribution in [1.29, 1.82) is 0 Å². The molecule has 0 saturated heterocycles. The molecule has 0 fully saturated rings. The van der Waals surface area contributed by atoms with Gasteiger partial charge in [0.05, 0.1) is 17.8 Å². The molecule has 1 amide bonds. The minimum atomic E-state index is -0.302. The molecule has 0 atom stereocenters. The molecule has 4 heteroatoms. The summed E-state index contributed by atoms with van der Waals surface area (Å²) in [5.74, 6) is -0.00409. The molecule has 0 unspecified atom stereocenters. The van der Waals surface area contributed by atoms with Gasteiger partial charge < -0.3 is 9.64 Å². The van der Waals surface area contributed by atoms with Gasteiger partial charge in [-0.15, -0.1) is 0 Å². The van der Waals surface area contributed by atoms with E-state index in [2.05, 4.69) is 4.98 Å². The van der Waals surface area contributed by atoms with Gasteiger partial charge in [0.25, 0.3) is 0 Å². The fraction of sp³-hybridized carbons (Fsp3) is 0.600. The first-order chi connectivity index (χ1) is 8.79. The van der Waals surface area contributed by atoms with E-state index in [-0.39, 0.29) is 24.2 Å². The molecular formula is C15H24N2O2. The van der Waals surface area contributed by atoms with E-state index in [1.165, 1.54) is 0 Å². The zero-order valence-corrected chi connectivity index (χ0v) is 12.5. The average Bonchev–Trinajstić information content (AvgIpc) is 2.33. The Morgan fingerprint density at radius 3 is 2.53 bits per heavy atom. The normalized spacial score (nSPS) is 11.7. The molecule has 0 N–H and O–H groups in total. The Kier molecular flexibility index (Phi) is 5.48. The summed E-state index contributed by atoms with van der Waals surface area (Å²) in [6.07, 6.45) is 1.74. The topological polar surface area (TPSA) is 42.4 Å². The predicted octanol–water partition coefficient (Wildman–Crippen LogP) is 2.63. The van der Waals surface area contributed by atoms with Crippen LogP contribution in [-0.2, 0) is 16.1 Å². The van der Waals surface area contributed by atoms with Crippen LogP contribution in [0.3, 0.4) is 0 Å². The van der Waals surface area contributed by atoms with Gasteiger partial charge in [-0.25, -0.2) is 0 Å². The molecule has 0 aliphatic heterocycles. The number of hydrogen-bond acceptors (Lipinski definition) is 3. The van der Waals surface area contributed by atoms with Crippen LogP contribution in [-0.4, -0.2) is 34.0 Å². The largest absolute Gasteiger partial charge is 0.366 e. The first-order valence-corrected chi connectivity index (χ1v) is 6.63. The number of carbonyl (C=O) groups excluding carboxylic acids is 1. The number of rotatable bonds is 5. The lowest BCUT2D eigenvalue weighted by molar-refractivity contribution is -0.143. The number of nitrogens with zero attached hydrogens (tertiary/aromatic N) is 2. The molecular weight excluding hydrogens is 240 g/mol. The molecule has 0 spiro atoms. The van der Waals surface area contributed by atoms with E-state index in [9.17, 15) is 4.79 Å². The Bertz CT molecular complexity index is 396. The molecule has 1 aromatic heterocycles. The highest BCUT2D eigenvalue weighted by Gasteiger charge is 2.20. The fourth-order valence-electron chi connectivity index (χ4n) is 1.59. The molecule has 0 aliphatic rings. The van der Waals surface area contributed by atoms with Gasteiger partial charge in [0.15, 0.2) is 0 Å². The van der Waals surface area contributed by atoms with Crippen LogP contribution in [0.5, 0.6) is 0 Å². The second-order valence-electron chi connectivity index (χ2n) is 5.84. The lowest BCUT2D eigenvalue weighted by Crippen LogP contribution is -2.40. The van der Waals surface area contributed by atoms with Crippen LogP contribution in [0.1, 0.15) is 40.3 Å². The van der Waals surface area contributed by atoms with Gasteiger partial charge in [0.1, 0.15) is 6.61 Å². The first kappa shape index (κ1) is 15.6. The maximum atomic E-state index is 12.2. The van der Waals surface area contributed by atoms with E-state index in [1.54, 1.807) is 11.1 Å². The highest BCUT2D eigenvalue weighted by Crippen LogP contribution is 2.10. The standard InChI is InChI=1S/C15H24N2O2/c1-12(2)17(10-13-8-6-7-9-16-13)14(18)11-19-15(3,4)5/h6-9,12H,10-11H2,1-5H3. The van der Waals surface area contributed by atoms with Crippen LogP contribution in [0.25, 0.3) is 0 Å². The van der Waals surface area contributed by atoms with Crippen molar-refractivity contribution >= 4 is 5.91 Å². The van der Waals surface area contributed by atoms with Crippen molar-refractivity contribution < 1.29 is 9.53 Å². The Balaban J connectivity index is 2.65. The third-order valence-electron chi connectivity index (χ3n) is 2.63. The SMILES string of the molecule is CC(C)N(Cc1ccccn1)C(=O)COC(C)(C)C. The van der Waals surface area contributed by atoms with Gasteiger partial charge in [-0.3, -0.25) is 9.78 Å². The van der Waals surface area contributed by atoms with Crippen molar-refractivity contribution in [3.8, 4) is 0 Å². The van der Waals surface area contributed by atoms with Crippen LogP contribution in [0.4, 0.5) is 0 Å². The van der Waals surface area contributed by atoms with Crippen molar-refractivity contribution in [2.45, 2.75) is 52.8 Å². The van der Waals surface area contributed by atoms with Crippen LogP contribution >= 0.6 is 0 Å². The first-order valence-electron chi connectivity index (χ1n) is 6.63. The third kappa shape index (κ3) is 5.83. The maximum absolute atomic E-state index is 12.2. The van der Waals surface area contributed by atoms with E-state index in [0.717, 1.165) is 5.69 Å². The lowest BCUT2D eigenvalue weighted by atomic mass is 10.2. The number of aromatic nitrogens is 1. The van der Waals surface area contributed by atoms with Gasteiger partial charge in [0.2, 0.25) is 5.91 Å². The van der Waals surface area contributed by atoms with E-state index in [1.807, 2.05) is 52.8 Å². The van der Waals surface area contributed by atoms with Gasteiger partial charge >= 0.3 is 0 Å². The quantitative estimate of drug-likeness (QED) is 0.821. The van der Waals surface area contributed by atoms with Gasteiger partial charge in [-0.1, -0.05) is 6.07 Å². The molecule has 4 nitrogen and oxygen atoms in total. The molecule has 19 heavy (non-hydrogen) atoms. The summed E-state index contributed by atoms with van der Waals surface area (Å²) in [7, 11) is 0. The molecule has 106 valence electrons. The van der Waals surface area contributed by atoms with Crippen molar-refractivity contribution in [3.05, 3.63) is 30.1 Å². The maximum Gasteiger partial charge on any atom is 0.249 e. The molecule has 0 bridgehead atoms. The van der Waals surface area contributed by atoms with Gasteiger partial charge in [0, 0.05) is 12.2 Å². The zero-order chi connectivity index (χ0) is 14.5. The Morgan fingerprint density at radius 2 is 2.05 bits per heavy atom. The average molecular weight is 264 g/mol. The number of ether oxygens (including phenoxy) is 1. The van der Waals surface area contributed by atoms with Gasteiger partial charge in [-0.2, -0.15) is 0 Å². The summed E-state index contributed by atoms with van der Waals surface area (Å²) >= 11 is 0. The summed E-state index contributed by atoms with van der Waals surface area (Å²) in [5.41, 5.74) is 0.587.